The van der Waals surface area contributed by atoms with E-state index in [0.29, 0.717) is 5.92 Å². The fraction of sp³-hybridized carbons (Fsp3) is 0.538. The van der Waals surface area contributed by atoms with Gasteiger partial charge in [-0.2, -0.15) is 5.10 Å². The lowest BCUT2D eigenvalue weighted by atomic mass is 10.1. The van der Waals surface area contributed by atoms with Crippen molar-refractivity contribution in [3.05, 3.63) is 24.2 Å². The average molecular weight is 245 g/mol. The van der Waals surface area contributed by atoms with Gasteiger partial charge in [0.1, 0.15) is 0 Å². The zero-order valence-electron chi connectivity index (χ0n) is 10.7. The third kappa shape index (κ3) is 2.18. The molecule has 1 unspecified atom stereocenters. The lowest BCUT2D eigenvalue weighted by Gasteiger charge is -2.11. The molecule has 5 heteroatoms. The van der Waals surface area contributed by atoms with Crippen molar-refractivity contribution in [3.63, 3.8) is 0 Å². The van der Waals surface area contributed by atoms with E-state index < -0.39 is 0 Å². The molecule has 5 nitrogen and oxygen atoms in total. The highest BCUT2D eigenvalue weighted by molar-refractivity contribution is 5.46. The highest BCUT2D eigenvalue weighted by Crippen LogP contribution is 2.19. The number of rotatable bonds is 3. The Bertz CT molecular complexity index is 547. The normalized spacial score (nSPS) is 20.8. The maximum atomic E-state index is 5.74. The minimum absolute atomic E-state index is 0.694. The third-order valence-corrected chi connectivity index (χ3v) is 3.69. The molecule has 0 aliphatic carbocycles. The largest absolute Gasteiger partial charge is 0.397 e. The summed E-state index contributed by atoms with van der Waals surface area (Å²) in [5, 5.41) is 4.49. The van der Waals surface area contributed by atoms with Gasteiger partial charge in [0.15, 0.2) is 11.5 Å². The van der Waals surface area contributed by atoms with Gasteiger partial charge < -0.3 is 10.6 Å². The van der Waals surface area contributed by atoms with Gasteiger partial charge >= 0.3 is 0 Å². The second-order valence-corrected chi connectivity index (χ2v) is 5.05. The van der Waals surface area contributed by atoms with Crippen LogP contribution in [-0.4, -0.2) is 39.1 Å². The molecule has 18 heavy (non-hydrogen) atoms. The lowest BCUT2D eigenvalue weighted by molar-refractivity contribution is 0.341. The Kier molecular flexibility index (Phi) is 2.91. The van der Waals surface area contributed by atoms with Gasteiger partial charge in [0.2, 0.25) is 0 Å². The molecule has 96 valence electrons. The number of pyridine rings is 1. The Morgan fingerprint density at radius 2 is 2.33 bits per heavy atom. The summed E-state index contributed by atoms with van der Waals surface area (Å²) in [4.78, 5) is 7.03. The molecule has 1 aliphatic heterocycles. The highest BCUT2D eigenvalue weighted by Gasteiger charge is 2.22. The maximum Gasteiger partial charge on any atom is 0.155 e. The van der Waals surface area contributed by atoms with Crippen LogP contribution in [-0.2, 0) is 6.42 Å². The van der Waals surface area contributed by atoms with Crippen LogP contribution in [0.25, 0.3) is 5.65 Å². The van der Waals surface area contributed by atoms with E-state index in [4.69, 9.17) is 5.73 Å². The minimum atomic E-state index is 0.694. The van der Waals surface area contributed by atoms with Crippen LogP contribution < -0.4 is 5.73 Å². The van der Waals surface area contributed by atoms with Crippen LogP contribution in [0.5, 0.6) is 0 Å². The molecule has 0 saturated carbocycles. The zero-order valence-corrected chi connectivity index (χ0v) is 10.7. The average Bonchev–Trinajstić information content (AvgIpc) is 2.95. The molecular formula is C13H19N5. The molecule has 0 aromatic carbocycles. The Morgan fingerprint density at radius 1 is 1.44 bits per heavy atom. The summed E-state index contributed by atoms with van der Waals surface area (Å²) in [7, 11) is 0. The van der Waals surface area contributed by atoms with Crippen molar-refractivity contribution in [2.24, 2.45) is 5.92 Å². The number of nitrogens with zero attached hydrogens (tertiary/aromatic N) is 4. The Morgan fingerprint density at radius 3 is 3.11 bits per heavy atom. The maximum absolute atomic E-state index is 5.74. The summed E-state index contributed by atoms with van der Waals surface area (Å²) in [6, 6.07) is 3.78. The standard InChI is InChI=1S/C13H19N5/c1-2-17-6-5-10(8-17)7-12-15-13-4-3-11(14)9-18(13)16-12/h3-4,9-10H,2,5-8,14H2,1H3. The summed E-state index contributed by atoms with van der Waals surface area (Å²) in [5.74, 6) is 1.63. The number of hydrogen-bond acceptors (Lipinski definition) is 4. The first-order valence-corrected chi connectivity index (χ1v) is 6.57. The van der Waals surface area contributed by atoms with Gasteiger partial charge in [0, 0.05) is 13.0 Å². The number of anilines is 1. The number of aromatic nitrogens is 3. The van der Waals surface area contributed by atoms with Crippen molar-refractivity contribution in [1.29, 1.82) is 0 Å². The van der Waals surface area contributed by atoms with Crippen LogP contribution in [0.1, 0.15) is 19.2 Å². The highest BCUT2D eigenvalue weighted by atomic mass is 15.3. The topological polar surface area (TPSA) is 59.5 Å². The Hall–Kier alpha value is -1.62. The van der Waals surface area contributed by atoms with E-state index in [-0.39, 0.29) is 0 Å². The second-order valence-electron chi connectivity index (χ2n) is 5.05. The first-order valence-electron chi connectivity index (χ1n) is 6.57. The van der Waals surface area contributed by atoms with E-state index in [2.05, 4.69) is 21.9 Å². The lowest BCUT2D eigenvalue weighted by Crippen LogP contribution is -2.20. The summed E-state index contributed by atoms with van der Waals surface area (Å²) < 4.78 is 1.78. The van der Waals surface area contributed by atoms with Crippen LogP contribution >= 0.6 is 0 Å². The van der Waals surface area contributed by atoms with Crippen molar-refractivity contribution in [3.8, 4) is 0 Å². The van der Waals surface area contributed by atoms with Crippen LogP contribution in [0, 0.1) is 5.92 Å². The summed E-state index contributed by atoms with van der Waals surface area (Å²) >= 11 is 0. The van der Waals surface area contributed by atoms with Gasteiger partial charge in [-0.25, -0.2) is 9.50 Å². The molecule has 2 aromatic heterocycles. The van der Waals surface area contributed by atoms with E-state index in [1.54, 1.807) is 4.52 Å². The van der Waals surface area contributed by atoms with Gasteiger partial charge in [0.25, 0.3) is 0 Å². The van der Waals surface area contributed by atoms with E-state index in [9.17, 15) is 0 Å². The second kappa shape index (κ2) is 4.57. The van der Waals surface area contributed by atoms with Crippen LogP contribution in [0.2, 0.25) is 0 Å². The van der Waals surface area contributed by atoms with Crippen LogP contribution in [0.3, 0.4) is 0 Å². The quantitative estimate of drug-likeness (QED) is 0.882. The third-order valence-electron chi connectivity index (χ3n) is 3.69. The van der Waals surface area contributed by atoms with Crippen LogP contribution in [0.4, 0.5) is 5.69 Å². The number of nitrogen functional groups attached to an aromatic ring is 1. The predicted octanol–water partition coefficient (Wildman–Crippen LogP) is 1.20. The molecule has 3 heterocycles. The molecule has 2 N–H and O–H groups in total. The van der Waals surface area contributed by atoms with Crippen molar-refractivity contribution in [2.75, 3.05) is 25.4 Å². The Labute approximate surface area is 107 Å². The summed E-state index contributed by atoms with van der Waals surface area (Å²) in [6.45, 7) is 5.75. The van der Waals surface area contributed by atoms with Gasteiger partial charge in [0.05, 0.1) is 11.9 Å². The molecule has 0 spiro atoms. The molecular weight excluding hydrogens is 226 g/mol. The number of fused-ring (bicyclic) bond motifs is 1. The molecule has 1 aliphatic rings. The van der Waals surface area contributed by atoms with Crippen molar-refractivity contribution >= 4 is 11.3 Å². The van der Waals surface area contributed by atoms with E-state index in [1.165, 1.54) is 19.5 Å². The van der Waals surface area contributed by atoms with Gasteiger partial charge in [-0.05, 0) is 37.6 Å². The first kappa shape index (κ1) is 11.5. The molecule has 3 rings (SSSR count). The minimum Gasteiger partial charge on any atom is -0.397 e. The van der Waals surface area contributed by atoms with Crippen molar-refractivity contribution in [2.45, 2.75) is 19.8 Å². The molecule has 1 fully saturated rings. The smallest absolute Gasteiger partial charge is 0.155 e. The van der Waals surface area contributed by atoms with Crippen LogP contribution in [0.15, 0.2) is 18.3 Å². The monoisotopic (exact) mass is 245 g/mol. The van der Waals surface area contributed by atoms with Crippen molar-refractivity contribution < 1.29 is 0 Å². The molecule has 1 saturated heterocycles. The molecule has 0 amide bonds. The fourth-order valence-electron chi connectivity index (χ4n) is 2.66. The zero-order chi connectivity index (χ0) is 12.5. The van der Waals surface area contributed by atoms with E-state index in [1.807, 2.05) is 18.3 Å². The van der Waals surface area contributed by atoms with Gasteiger partial charge in [-0.3, -0.25) is 0 Å². The van der Waals surface area contributed by atoms with Gasteiger partial charge in [-0.15, -0.1) is 0 Å². The Balaban J connectivity index is 1.75. The first-order chi connectivity index (χ1) is 8.74. The van der Waals surface area contributed by atoms with E-state index in [0.717, 1.165) is 30.1 Å². The van der Waals surface area contributed by atoms with Gasteiger partial charge in [-0.1, -0.05) is 6.92 Å². The number of hydrogen-bond donors (Lipinski definition) is 1. The SMILES string of the molecule is CCN1CCC(Cc2nc3ccc(N)cn3n2)C1. The number of likely N-dealkylation sites (tertiary alicyclic amines) is 1. The summed E-state index contributed by atoms with van der Waals surface area (Å²) in [6.07, 6.45) is 4.04. The summed E-state index contributed by atoms with van der Waals surface area (Å²) in [5.41, 5.74) is 7.34. The molecule has 0 bridgehead atoms. The predicted molar refractivity (Wildman–Crippen MR) is 71.3 cm³/mol. The molecule has 1 atom stereocenters. The molecule has 2 aromatic rings. The van der Waals surface area contributed by atoms with Crippen molar-refractivity contribution in [1.82, 2.24) is 19.5 Å². The van der Waals surface area contributed by atoms with E-state index >= 15 is 0 Å². The molecule has 0 radical (unpaired) electrons. The fourth-order valence-corrected chi connectivity index (χ4v) is 2.66. The number of nitrogens with two attached hydrogens (primary N) is 1.